The Labute approximate surface area is 152 Å². The first-order valence-electron chi connectivity index (χ1n) is 8.62. The zero-order valence-corrected chi connectivity index (χ0v) is 15.0. The van der Waals surface area contributed by atoms with E-state index in [0.29, 0.717) is 6.54 Å². The van der Waals surface area contributed by atoms with Crippen LogP contribution in [0.25, 0.3) is 11.0 Å². The van der Waals surface area contributed by atoms with Crippen molar-refractivity contribution >= 4 is 28.5 Å². The molecule has 0 spiro atoms. The summed E-state index contributed by atoms with van der Waals surface area (Å²) in [6, 6.07) is 13.3. The maximum atomic E-state index is 12.2. The molecule has 3 aromatic rings. The van der Waals surface area contributed by atoms with Crippen LogP contribution in [0.3, 0.4) is 0 Å². The molecule has 0 atom stereocenters. The fourth-order valence-electron chi connectivity index (χ4n) is 2.82. The average Bonchev–Trinajstić information content (AvgIpc) is 3.02. The summed E-state index contributed by atoms with van der Waals surface area (Å²) < 4.78 is 5.63. The van der Waals surface area contributed by atoms with Gasteiger partial charge in [-0.15, -0.1) is 0 Å². The van der Waals surface area contributed by atoms with Crippen LogP contribution in [0.4, 0.5) is 5.69 Å². The zero-order valence-electron chi connectivity index (χ0n) is 15.0. The highest BCUT2D eigenvalue weighted by atomic mass is 16.3. The Morgan fingerprint density at radius 1 is 1.00 bits per heavy atom. The molecule has 2 aromatic carbocycles. The summed E-state index contributed by atoms with van der Waals surface area (Å²) in [6.07, 6.45) is 2.10. The minimum atomic E-state index is -0.128. The predicted molar refractivity (Wildman–Crippen MR) is 102 cm³/mol. The van der Waals surface area contributed by atoms with E-state index in [2.05, 4.69) is 10.6 Å². The maximum absolute atomic E-state index is 12.2. The highest BCUT2D eigenvalue weighted by Crippen LogP contribution is 2.26. The second-order valence-corrected chi connectivity index (χ2v) is 6.34. The number of carbonyl (C=O) groups excluding carboxylic acids is 2. The van der Waals surface area contributed by atoms with Crippen LogP contribution < -0.4 is 10.6 Å². The lowest BCUT2D eigenvalue weighted by atomic mass is 10.0. The first-order chi connectivity index (χ1) is 12.5. The summed E-state index contributed by atoms with van der Waals surface area (Å²) in [6.45, 7) is 4.34. The highest BCUT2D eigenvalue weighted by molar-refractivity contribution is 5.92. The molecule has 0 aliphatic heterocycles. The van der Waals surface area contributed by atoms with Gasteiger partial charge in [-0.25, -0.2) is 0 Å². The van der Waals surface area contributed by atoms with Gasteiger partial charge in [0.1, 0.15) is 5.58 Å². The van der Waals surface area contributed by atoms with E-state index in [-0.39, 0.29) is 24.7 Å². The molecule has 5 nitrogen and oxygen atoms in total. The lowest BCUT2D eigenvalue weighted by Gasteiger charge is -2.06. The first kappa shape index (κ1) is 17.7. The van der Waals surface area contributed by atoms with Crippen LogP contribution in [0, 0.1) is 13.8 Å². The third-order valence-electron chi connectivity index (χ3n) is 4.42. The molecular weight excluding hydrogens is 328 g/mol. The molecular formula is C21H22N2O3. The molecule has 0 radical (unpaired) electrons. The van der Waals surface area contributed by atoms with Crippen molar-refractivity contribution in [1.29, 1.82) is 0 Å². The monoisotopic (exact) mass is 350 g/mol. The van der Waals surface area contributed by atoms with Crippen LogP contribution in [0.1, 0.15) is 23.1 Å². The van der Waals surface area contributed by atoms with E-state index in [1.165, 1.54) is 0 Å². The number of hydrogen-bond acceptors (Lipinski definition) is 3. The molecule has 2 amide bonds. The minimum absolute atomic E-state index is 0.126. The maximum Gasteiger partial charge on any atom is 0.226 e. The van der Waals surface area contributed by atoms with Gasteiger partial charge < -0.3 is 15.1 Å². The summed E-state index contributed by atoms with van der Waals surface area (Å²) in [7, 11) is 0. The Bertz CT molecular complexity index is 929. The standard InChI is InChI=1S/C21H22N2O3/c1-14-8-9-18-16(13-26-21(18)15(14)2)12-20(25)22-11-10-19(24)23-17-6-4-3-5-7-17/h3-9,13H,10-12H2,1-2H3,(H,22,25)(H,23,24). The Balaban J connectivity index is 1.50. The van der Waals surface area contributed by atoms with Crippen LogP contribution in [0.15, 0.2) is 53.1 Å². The van der Waals surface area contributed by atoms with Gasteiger partial charge in [0.25, 0.3) is 0 Å². The first-order valence-corrected chi connectivity index (χ1v) is 8.62. The Morgan fingerprint density at radius 2 is 1.77 bits per heavy atom. The highest BCUT2D eigenvalue weighted by Gasteiger charge is 2.13. The van der Waals surface area contributed by atoms with Gasteiger partial charge in [-0.3, -0.25) is 9.59 Å². The number of nitrogens with one attached hydrogen (secondary N) is 2. The van der Waals surface area contributed by atoms with Gasteiger partial charge in [0.05, 0.1) is 12.7 Å². The SMILES string of the molecule is Cc1ccc2c(CC(=O)NCCC(=O)Nc3ccccc3)coc2c1C. The van der Waals surface area contributed by atoms with Crippen molar-refractivity contribution < 1.29 is 14.0 Å². The summed E-state index contributed by atoms with van der Waals surface area (Å²) in [5, 5.41) is 6.54. The normalized spacial score (nSPS) is 10.7. The molecule has 0 fully saturated rings. The van der Waals surface area contributed by atoms with E-state index in [0.717, 1.165) is 33.3 Å². The number of amides is 2. The number of aryl methyl sites for hydroxylation is 2. The number of fused-ring (bicyclic) bond motifs is 1. The molecule has 0 bridgehead atoms. The molecule has 2 N–H and O–H groups in total. The van der Waals surface area contributed by atoms with Crippen molar-refractivity contribution in [3.8, 4) is 0 Å². The van der Waals surface area contributed by atoms with Crippen molar-refractivity contribution in [3.05, 3.63) is 65.4 Å². The van der Waals surface area contributed by atoms with E-state index < -0.39 is 0 Å². The molecule has 26 heavy (non-hydrogen) atoms. The molecule has 0 aliphatic rings. The molecule has 1 heterocycles. The van der Waals surface area contributed by atoms with E-state index in [9.17, 15) is 9.59 Å². The Kier molecular flexibility index (Phi) is 5.37. The van der Waals surface area contributed by atoms with Crippen molar-refractivity contribution in [2.24, 2.45) is 0 Å². The van der Waals surface area contributed by atoms with Gasteiger partial charge in [-0.2, -0.15) is 0 Å². The van der Waals surface area contributed by atoms with Crippen molar-refractivity contribution in [3.63, 3.8) is 0 Å². The fourth-order valence-corrected chi connectivity index (χ4v) is 2.82. The van der Waals surface area contributed by atoms with Crippen LogP contribution in [0.2, 0.25) is 0 Å². The molecule has 1 aromatic heterocycles. The summed E-state index contributed by atoms with van der Waals surface area (Å²) in [4.78, 5) is 24.0. The van der Waals surface area contributed by atoms with Gasteiger partial charge in [0.2, 0.25) is 11.8 Å². The number of hydrogen-bond donors (Lipinski definition) is 2. The molecule has 134 valence electrons. The lowest BCUT2D eigenvalue weighted by molar-refractivity contribution is -0.120. The van der Waals surface area contributed by atoms with Crippen molar-refractivity contribution in [2.75, 3.05) is 11.9 Å². The summed E-state index contributed by atoms with van der Waals surface area (Å²) in [5.41, 5.74) is 4.68. The number of benzene rings is 2. The van der Waals surface area contributed by atoms with Crippen LogP contribution >= 0.6 is 0 Å². The van der Waals surface area contributed by atoms with Crippen molar-refractivity contribution in [2.45, 2.75) is 26.7 Å². The van der Waals surface area contributed by atoms with Gasteiger partial charge in [0.15, 0.2) is 0 Å². The van der Waals surface area contributed by atoms with Crippen molar-refractivity contribution in [1.82, 2.24) is 5.32 Å². The van der Waals surface area contributed by atoms with Crippen LogP contribution in [-0.4, -0.2) is 18.4 Å². The Hall–Kier alpha value is -3.08. The number of para-hydroxylation sites is 1. The summed E-state index contributed by atoms with van der Waals surface area (Å²) >= 11 is 0. The topological polar surface area (TPSA) is 71.3 Å². The second kappa shape index (κ2) is 7.87. The zero-order chi connectivity index (χ0) is 18.5. The third kappa shape index (κ3) is 4.11. The van der Waals surface area contributed by atoms with Crippen LogP contribution in [-0.2, 0) is 16.0 Å². The summed E-state index contributed by atoms with van der Waals surface area (Å²) in [5.74, 6) is -0.255. The average molecular weight is 350 g/mol. The van der Waals surface area contributed by atoms with Crippen LogP contribution in [0.5, 0.6) is 0 Å². The fraction of sp³-hybridized carbons (Fsp3) is 0.238. The smallest absolute Gasteiger partial charge is 0.226 e. The minimum Gasteiger partial charge on any atom is -0.464 e. The van der Waals surface area contributed by atoms with E-state index in [1.807, 2.05) is 56.3 Å². The number of furan rings is 1. The Morgan fingerprint density at radius 3 is 2.54 bits per heavy atom. The number of rotatable bonds is 6. The van der Waals surface area contributed by atoms with E-state index in [1.54, 1.807) is 6.26 Å². The van der Waals surface area contributed by atoms with Gasteiger partial charge in [-0.05, 0) is 37.1 Å². The molecule has 0 saturated carbocycles. The van der Waals surface area contributed by atoms with Gasteiger partial charge >= 0.3 is 0 Å². The third-order valence-corrected chi connectivity index (χ3v) is 4.42. The molecule has 3 rings (SSSR count). The lowest BCUT2D eigenvalue weighted by Crippen LogP contribution is -2.28. The van der Waals surface area contributed by atoms with Gasteiger partial charge in [-0.1, -0.05) is 30.3 Å². The van der Waals surface area contributed by atoms with E-state index >= 15 is 0 Å². The quantitative estimate of drug-likeness (QED) is 0.711. The largest absolute Gasteiger partial charge is 0.464 e. The molecule has 5 heteroatoms. The molecule has 0 saturated heterocycles. The number of anilines is 1. The second-order valence-electron chi connectivity index (χ2n) is 6.34. The molecule has 0 unspecified atom stereocenters. The number of carbonyl (C=O) groups is 2. The molecule has 0 aliphatic carbocycles. The predicted octanol–water partition coefficient (Wildman–Crippen LogP) is 3.74. The van der Waals surface area contributed by atoms with E-state index in [4.69, 9.17) is 4.42 Å². The van der Waals surface area contributed by atoms with Gasteiger partial charge in [0, 0.05) is 29.6 Å².